The molecule has 31 heavy (non-hydrogen) atoms. The molecule has 4 rings (SSSR count). The summed E-state index contributed by atoms with van der Waals surface area (Å²) in [5.74, 6) is -0.461. The van der Waals surface area contributed by atoms with Crippen LogP contribution in [0.15, 0.2) is 59.9 Å². The van der Waals surface area contributed by atoms with Gasteiger partial charge in [0.05, 0.1) is 6.42 Å². The van der Waals surface area contributed by atoms with Gasteiger partial charge in [-0.15, -0.1) is 0 Å². The van der Waals surface area contributed by atoms with Crippen LogP contribution in [-0.4, -0.2) is 64.5 Å². The molecule has 0 spiro atoms. The minimum Gasteiger partial charge on any atom is -0.340 e. The molecule has 2 aromatic heterocycles. The summed E-state index contributed by atoms with van der Waals surface area (Å²) in [6, 6.07) is 9.29. The Hall–Kier alpha value is -3.11. The maximum absolute atomic E-state index is 13.3. The van der Waals surface area contributed by atoms with Gasteiger partial charge < -0.3 is 4.90 Å². The number of benzene rings is 1. The molecule has 1 aliphatic rings. The highest BCUT2D eigenvalue weighted by atomic mass is 32.2. The molecule has 0 bridgehead atoms. The van der Waals surface area contributed by atoms with E-state index in [9.17, 15) is 17.6 Å². The molecule has 1 amide bonds. The lowest BCUT2D eigenvalue weighted by molar-refractivity contribution is -0.131. The molecular formula is C21H22FN5O3S. The summed E-state index contributed by atoms with van der Waals surface area (Å²) >= 11 is 0. The monoisotopic (exact) mass is 443 g/mol. The van der Waals surface area contributed by atoms with Gasteiger partial charge in [0.2, 0.25) is 15.9 Å². The Morgan fingerprint density at radius 2 is 1.81 bits per heavy atom. The van der Waals surface area contributed by atoms with Crippen LogP contribution < -0.4 is 0 Å². The third-order valence-electron chi connectivity index (χ3n) is 5.21. The number of hydrogen-bond acceptors (Lipinski definition) is 5. The van der Waals surface area contributed by atoms with E-state index in [1.54, 1.807) is 48.6 Å². The molecule has 1 fully saturated rings. The van der Waals surface area contributed by atoms with Crippen LogP contribution in [-0.2, 0) is 28.3 Å². The van der Waals surface area contributed by atoms with Gasteiger partial charge in [-0.25, -0.2) is 12.8 Å². The van der Waals surface area contributed by atoms with Crippen molar-refractivity contribution in [3.8, 4) is 11.3 Å². The molecule has 3 aromatic rings. The first-order valence-electron chi connectivity index (χ1n) is 9.81. The van der Waals surface area contributed by atoms with Crippen molar-refractivity contribution in [2.45, 2.75) is 11.3 Å². The third kappa shape index (κ3) is 4.49. The number of sulfonamides is 1. The molecular weight excluding hydrogens is 421 g/mol. The maximum Gasteiger partial charge on any atom is 0.246 e. The molecule has 3 heterocycles. The van der Waals surface area contributed by atoms with E-state index < -0.39 is 10.0 Å². The molecule has 8 nitrogen and oxygen atoms in total. The number of carbonyl (C=O) groups excluding carboxylic acids is 1. The zero-order valence-electron chi connectivity index (χ0n) is 17.0. The van der Waals surface area contributed by atoms with Crippen molar-refractivity contribution in [1.29, 1.82) is 0 Å². The van der Waals surface area contributed by atoms with E-state index >= 15 is 0 Å². The number of piperazine rings is 1. The van der Waals surface area contributed by atoms with Crippen LogP contribution in [0.3, 0.4) is 0 Å². The molecule has 162 valence electrons. The van der Waals surface area contributed by atoms with Gasteiger partial charge in [-0.1, -0.05) is 12.1 Å². The Kier molecular flexibility index (Phi) is 5.84. The third-order valence-corrected chi connectivity index (χ3v) is 7.11. The lowest BCUT2D eigenvalue weighted by Gasteiger charge is -2.34. The molecule has 0 unspecified atom stereocenters. The van der Waals surface area contributed by atoms with Crippen LogP contribution in [0.5, 0.6) is 0 Å². The normalized spacial score (nSPS) is 15.2. The number of halogens is 1. The quantitative estimate of drug-likeness (QED) is 0.599. The highest BCUT2D eigenvalue weighted by Crippen LogP contribution is 2.28. The van der Waals surface area contributed by atoms with Crippen molar-refractivity contribution < 1.29 is 17.6 Å². The van der Waals surface area contributed by atoms with Crippen LogP contribution in [0, 0.1) is 5.82 Å². The van der Waals surface area contributed by atoms with Crippen LogP contribution in [0.2, 0.25) is 0 Å². The smallest absolute Gasteiger partial charge is 0.246 e. The van der Waals surface area contributed by atoms with Crippen LogP contribution in [0.25, 0.3) is 11.3 Å². The molecule has 1 saturated heterocycles. The summed E-state index contributed by atoms with van der Waals surface area (Å²) in [7, 11) is -2.12. The predicted molar refractivity (Wildman–Crippen MR) is 112 cm³/mol. The summed E-state index contributed by atoms with van der Waals surface area (Å²) in [6.07, 6.45) is 4.83. The molecule has 0 saturated carbocycles. The fourth-order valence-corrected chi connectivity index (χ4v) is 5.17. The Morgan fingerprint density at radius 3 is 2.45 bits per heavy atom. The van der Waals surface area contributed by atoms with Crippen LogP contribution in [0.4, 0.5) is 4.39 Å². The van der Waals surface area contributed by atoms with Crippen molar-refractivity contribution in [3.05, 3.63) is 66.4 Å². The lowest BCUT2D eigenvalue weighted by atomic mass is 10.1. The van der Waals surface area contributed by atoms with E-state index in [0.717, 1.165) is 5.56 Å². The molecule has 0 radical (unpaired) electrons. The molecule has 1 aliphatic heterocycles. The van der Waals surface area contributed by atoms with E-state index in [-0.39, 0.29) is 36.1 Å². The van der Waals surface area contributed by atoms with Crippen molar-refractivity contribution in [2.24, 2.45) is 7.05 Å². The summed E-state index contributed by atoms with van der Waals surface area (Å²) in [5, 5.41) is 4.32. The Bertz CT molecular complexity index is 1170. The summed E-state index contributed by atoms with van der Waals surface area (Å²) in [4.78, 5) is 18.4. The van der Waals surface area contributed by atoms with Gasteiger partial charge in [0.15, 0.2) is 0 Å². The number of aromatic nitrogens is 3. The van der Waals surface area contributed by atoms with Gasteiger partial charge in [-0.2, -0.15) is 9.40 Å². The predicted octanol–water partition coefficient (Wildman–Crippen LogP) is 1.70. The Morgan fingerprint density at radius 1 is 1.10 bits per heavy atom. The first kappa shape index (κ1) is 21.1. The number of carbonyl (C=O) groups is 1. The Labute approximate surface area is 180 Å². The lowest BCUT2D eigenvalue weighted by Crippen LogP contribution is -2.50. The SMILES string of the molecule is Cn1cc(S(=O)(=O)N2CCN(C(=O)Cc3ccc(F)cc3)CC2)c(-c2cccnc2)n1. The first-order valence-corrected chi connectivity index (χ1v) is 11.2. The van der Waals surface area contributed by atoms with E-state index in [0.29, 0.717) is 24.3 Å². The minimum absolute atomic E-state index is 0.110. The second-order valence-corrected chi connectivity index (χ2v) is 9.25. The van der Waals surface area contributed by atoms with E-state index in [4.69, 9.17) is 0 Å². The van der Waals surface area contributed by atoms with Crippen LogP contribution >= 0.6 is 0 Å². The minimum atomic E-state index is -3.79. The average Bonchev–Trinajstić information content (AvgIpc) is 3.19. The Balaban J connectivity index is 1.46. The zero-order valence-corrected chi connectivity index (χ0v) is 17.8. The topological polar surface area (TPSA) is 88.4 Å². The van der Waals surface area contributed by atoms with Crippen molar-refractivity contribution >= 4 is 15.9 Å². The fraction of sp³-hybridized carbons (Fsp3) is 0.286. The highest BCUT2D eigenvalue weighted by Gasteiger charge is 2.33. The van der Waals surface area contributed by atoms with Gasteiger partial charge in [-0.3, -0.25) is 14.5 Å². The summed E-state index contributed by atoms with van der Waals surface area (Å²) in [5.41, 5.74) is 1.69. The standard InChI is InChI=1S/C21H22FN5O3S/c1-25-15-19(21(24-25)17-3-2-8-23-14-17)31(29,30)27-11-9-26(10-12-27)20(28)13-16-4-6-18(22)7-5-16/h2-8,14-15H,9-13H2,1H3. The van der Waals surface area contributed by atoms with Crippen LogP contribution in [0.1, 0.15) is 5.56 Å². The number of nitrogens with zero attached hydrogens (tertiary/aromatic N) is 5. The molecule has 0 atom stereocenters. The van der Waals surface area contributed by atoms with E-state index in [1.165, 1.54) is 27.3 Å². The second-order valence-electron chi connectivity index (χ2n) is 7.35. The van der Waals surface area contributed by atoms with Gasteiger partial charge >= 0.3 is 0 Å². The maximum atomic E-state index is 13.3. The largest absolute Gasteiger partial charge is 0.340 e. The number of amides is 1. The molecule has 0 N–H and O–H groups in total. The number of pyridine rings is 1. The van der Waals surface area contributed by atoms with Crippen molar-refractivity contribution in [1.82, 2.24) is 24.0 Å². The van der Waals surface area contributed by atoms with E-state index in [2.05, 4.69) is 10.1 Å². The number of hydrogen-bond donors (Lipinski definition) is 0. The summed E-state index contributed by atoms with van der Waals surface area (Å²) < 4.78 is 42.5. The number of aryl methyl sites for hydroxylation is 1. The molecule has 10 heteroatoms. The van der Waals surface area contributed by atoms with E-state index in [1.807, 2.05) is 0 Å². The van der Waals surface area contributed by atoms with Gasteiger partial charge in [0.1, 0.15) is 16.4 Å². The number of rotatable bonds is 5. The van der Waals surface area contributed by atoms with Gasteiger partial charge in [0, 0.05) is 57.4 Å². The molecule has 0 aliphatic carbocycles. The first-order chi connectivity index (χ1) is 14.8. The van der Waals surface area contributed by atoms with Crippen molar-refractivity contribution in [2.75, 3.05) is 26.2 Å². The fourth-order valence-electron chi connectivity index (χ4n) is 3.56. The van der Waals surface area contributed by atoms with Gasteiger partial charge in [0.25, 0.3) is 0 Å². The highest BCUT2D eigenvalue weighted by molar-refractivity contribution is 7.89. The molecule has 1 aromatic carbocycles. The zero-order chi connectivity index (χ0) is 22.0. The summed E-state index contributed by atoms with van der Waals surface area (Å²) in [6.45, 7) is 0.973. The average molecular weight is 444 g/mol. The van der Waals surface area contributed by atoms with Crippen molar-refractivity contribution in [3.63, 3.8) is 0 Å². The second kappa shape index (κ2) is 8.56. The van der Waals surface area contributed by atoms with Gasteiger partial charge in [-0.05, 0) is 29.8 Å².